The number of anilines is 1. The van der Waals surface area contributed by atoms with Gasteiger partial charge in [-0.2, -0.15) is 0 Å². The fourth-order valence-corrected chi connectivity index (χ4v) is 3.54. The van der Waals surface area contributed by atoms with Gasteiger partial charge in [-0.3, -0.25) is 9.59 Å². The summed E-state index contributed by atoms with van der Waals surface area (Å²) in [4.78, 5) is 25.9. The van der Waals surface area contributed by atoms with Crippen LogP contribution in [0.15, 0.2) is 36.4 Å². The molecule has 1 fully saturated rings. The largest absolute Gasteiger partial charge is 0.493 e. The number of nitrogens with zero attached hydrogens (tertiary/aromatic N) is 1. The molecule has 0 aliphatic carbocycles. The minimum Gasteiger partial charge on any atom is -0.493 e. The van der Waals surface area contributed by atoms with Gasteiger partial charge < -0.3 is 24.4 Å². The Balaban J connectivity index is 1.52. The number of nitrogens with one attached hydrogen (secondary N) is 1. The lowest BCUT2D eigenvalue weighted by Crippen LogP contribution is -2.24. The highest BCUT2D eigenvalue weighted by Gasteiger charge is 2.21. The van der Waals surface area contributed by atoms with E-state index in [9.17, 15) is 9.59 Å². The lowest BCUT2D eigenvalue weighted by atomic mass is 10.1. The molecule has 7 heteroatoms. The zero-order valence-electron chi connectivity index (χ0n) is 17.7. The third kappa shape index (κ3) is 5.03. The summed E-state index contributed by atoms with van der Waals surface area (Å²) < 4.78 is 16.0. The van der Waals surface area contributed by atoms with Gasteiger partial charge in [0.2, 0.25) is 17.6 Å². The maximum atomic E-state index is 12.3. The van der Waals surface area contributed by atoms with E-state index in [1.165, 1.54) is 0 Å². The third-order valence-electron chi connectivity index (χ3n) is 5.18. The van der Waals surface area contributed by atoms with E-state index in [0.717, 1.165) is 29.8 Å². The van der Waals surface area contributed by atoms with Gasteiger partial charge in [0.25, 0.3) is 0 Å². The van der Waals surface area contributed by atoms with E-state index in [0.29, 0.717) is 43.1 Å². The quantitative estimate of drug-likeness (QED) is 0.685. The number of carbonyl (C=O) groups is 2. The van der Waals surface area contributed by atoms with E-state index < -0.39 is 0 Å². The van der Waals surface area contributed by atoms with E-state index in [1.807, 2.05) is 36.4 Å². The van der Waals surface area contributed by atoms with E-state index in [4.69, 9.17) is 14.2 Å². The second-order valence-electron chi connectivity index (χ2n) is 7.13. The Bertz CT molecular complexity index is 870. The molecule has 7 nitrogen and oxygen atoms in total. The van der Waals surface area contributed by atoms with Crippen molar-refractivity contribution in [2.24, 2.45) is 0 Å². The summed E-state index contributed by atoms with van der Waals surface area (Å²) in [7, 11) is 4.69. The average Bonchev–Trinajstić information content (AvgIpc) is 3.21. The molecule has 1 N–H and O–H groups in total. The Hall–Kier alpha value is -3.22. The van der Waals surface area contributed by atoms with Crippen molar-refractivity contribution < 1.29 is 23.8 Å². The molecule has 3 rings (SSSR count). The topological polar surface area (TPSA) is 77.1 Å². The zero-order chi connectivity index (χ0) is 21.5. The molecular weight excluding hydrogens is 384 g/mol. The minimum absolute atomic E-state index is 0.0393. The molecule has 0 spiro atoms. The van der Waals surface area contributed by atoms with Gasteiger partial charge in [-0.25, -0.2) is 0 Å². The number of carbonyl (C=O) groups excluding carboxylic acids is 2. The molecule has 160 valence electrons. The molecule has 0 atom stereocenters. The maximum absolute atomic E-state index is 12.3. The van der Waals surface area contributed by atoms with Crippen molar-refractivity contribution in [1.29, 1.82) is 0 Å². The highest BCUT2D eigenvalue weighted by atomic mass is 16.5. The van der Waals surface area contributed by atoms with E-state index >= 15 is 0 Å². The van der Waals surface area contributed by atoms with Gasteiger partial charge in [0.05, 0.1) is 21.3 Å². The van der Waals surface area contributed by atoms with Gasteiger partial charge in [0, 0.05) is 31.6 Å². The van der Waals surface area contributed by atoms with Crippen LogP contribution in [0.4, 0.5) is 5.69 Å². The molecule has 30 heavy (non-hydrogen) atoms. The summed E-state index contributed by atoms with van der Waals surface area (Å²) in [5, 5.41) is 2.94. The first-order chi connectivity index (χ1) is 14.5. The van der Waals surface area contributed by atoms with Crippen LogP contribution in [0, 0.1) is 0 Å². The molecule has 0 bridgehead atoms. The van der Waals surface area contributed by atoms with Gasteiger partial charge in [-0.15, -0.1) is 0 Å². The molecule has 0 aromatic heterocycles. The normalized spacial score (nSPS) is 13.3. The molecule has 0 unspecified atom stereocenters. The van der Waals surface area contributed by atoms with E-state index in [-0.39, 0.29) is 11.8 Å². The van der Waals surface area contributed by atoms with Crippen molar-refractivity contribution >= 4 is 17.5 Å². The zero-order valence-corrected chi connectivity index (χ0v) is 17.7. The fourth-order valence-electron chi connectivity index (χ4n) is 3.54. The number of hydrogen-bond donors (Lipinski definition) is 1. The van der Waals surface area contributed by atoms with Crippen molar-refractivity contribution in [1.82, 2.24) is 5.32 Å². The lowest BCUT2D eigenvalue weighted by Gasteiger charge is -2.16. The summed E-state index contributed by atoms with van der Waals surface area (Å²) in [6.07, 6.45) is 2.42. The average molecular weight is 412 g/mol. The first-order valence-corrected chi connectivity index (χ1v) is 10.0. The molecule has 0 radical (unpaired) electrons. The third-order valence-corrected chi connectivity index (χ3v) is 5.18. The molecule has 1 saturated heterocycles. The first kappa shape index (κ1) is 21.5. The van der Waals surface area contributed by atoms with Crippen LogP contribution in [0.1, 0.15) is 30.4 Å². The van der Waals surface area contributed by atoms with Gasteiger partial charge in [-0.05, 0) is 48.2 Å². The number of aryl methyl sites for hydroxylation is 1. The highest BCUT2D eigenvalue weighted by Crippen LogP contribution is 2.38. The number of benzene rings is 2. The van der Waals surface area contributed by atoms with Crippen LogP contribution in [0.2, 0.25) is 0 Å². The Kier molecular flexibility index (Phi) is 7.17. The Morgan fingerprint density at radius 3 is 2.20 bits per heavy atom. The Morgan fingerprint density at radius 2 is 1.67 bits per heavy atom. The summed E-state index contributed by atoms with van der Waals surface area (Å²) in [6.45, 7) is 1.22. The number of hydrogen-bond acceptors (Lipinski definition) is 5. The lowest BCUT2D eigenvalue weighted by molar-refractivity contribution is -0.121. The summed E-state index contributed by atoms with van der Waals surface area (Å²) in [5.74, 6) is 1.81. The van der Waals surface area contributed by atoms with Crippen molar-refractivity contribution in [3.05, 3.63) is 47.5 Å². The number of amides is 2. The van der Waals surface area contributed by atoms with Crippen LogP contribution in [0.25, 0.3) is 0 Å². The van der Waals surface area contributed by atoms with Gasteiger partial charge in [-0.1, -0.05) is 12.1 Å². The minimum atomic E-state index is -0.0393. The first-order valence-electron chi connectivity index (χ1n) is 10.0. The van der Waals surface area contributed by atoms with Crippen LogP contribution in [0.3, 0.4) is 0 Å². The van der Waals surface area contributed by atoms with E-state index in [1.54, 1.807) is 26.2 Å². The Labute approximate surface area is 176 Å². The van der Waals surface area contributed by atoms with Gasteiger partial charge in [0.1, 0.15) is 0 Å². The van der Waals surface area contributed by atoms with Gasteiger partial charge >= 0.3 is 0 Å². The van der Waals surface area contributed by atoms with Crippen LogP contribution in [-0.2, 0) is 22.6 Å². The molecule has 2 aromatic carbocycles. The predicted molar refractivity (Wildman–Crippen MR) is 114 cm³/mol. The smallest absolute Gasteiger partial charge is 0.227 e. The van der Waals surface area contributed by atoms with Crippen molar-refractivity contribution in [3.8, 4) is 17.2 Å². The molecule has 1 aliphatic heterocycles. The van der Waals surface area contributed by atoms with Gasteiger partial charge in [0.15, 0.2) is 11.5 Å². The molecule has 1 aliphatic rings. The fraction of sp³-hybridized carbons (Fsp3) is 0.391. The van der Waals surface area contributed by atoms with E-state index in [2.05, 4.69) is 5.32 Å². The number of rotatable bonds is 9. The Morgan fingerprint density at radius 1 is 1.00 bits per heavy atom. The van der Waals surface area contributed by atoms with Crippen molar-refractivity contribution in [3.63, 3.8) is 0 Å². The number of ether oxygens (including phenoxy) is 3. The van der Waals surface area contributed by atoms with Crippen LogP contribution >= 0.6 is 0 Å². The highest BCUT2D eigenvalue weighted by molar-refractivity contribution is 5.95. The predicted octanol–water partition coefficient (Wildman–Crippen LogP) is 3.09. The molecular formula is C23H28N2O5. The molecule has 2 aromatic rings. The molecule has 2 amide bonds. The maximum Gasteiger partial charge on any atom is 0.227 e. The SMILES string of the molecule is COc1cc(CCC(=O)NCc2ccc(N3CCCC3=O)cc2)cc(OC)c1OC. The monoisotopic (exact) mass is 412 g/mol. The van der Waals surface area contributed by atoms with Crippen LogP contribution in [0.5, 0.6) is 17.2 Å². The van der Waals surface area contributed by atoms with Crippen LogP contribution in [-0.4, -0.2) is 39.7 Å². The molecule has 1 heterocycles. The van der Waals surface area contributed by atoms with Crippen molar-refractivity contribution in [2.45, 2.75) is 32.2 Å². The summed E-state index contributed by atoms with van der Waals surface area (Å²) >= 11 is 0. The van der Waals surface area contributed by atoms with Crippen molar-refractivity contribution in [2.75, 3.05) is 32.8 Å². The van der Waals surface area contributed by atoms with Crippen LogP contribution < -0.4 is 24.4 Å². The summed E-state index contributed by atoms with van der Waals surface area (Å²) in [6, 6.07) is 11.5. The number of methoxy groups -OCH3 is 3. The molecule has 0 saturated carbocycles. The standard InChI is InChI=1S/C23H28N2O5/c1-28-19-13-17(14-20(29-2)23(19)30-3)8-11-21(26)24-15-16-6-9-18(10-7-16)25-12-4-5-22(25)27/h6-7,9-10,13-14H,4-5,8,11-12,15H2,1-3H3,(H,24,26). The second kappa shape index (κ2) is 10.0. The second-order valence-corrected chi connectivity index (χ2v) is 7.13. The summed E-state index contributed by atoms with van der Waals surface area (Å²) in [5.41, 5.74) is 2.83.